The van der Waals surface area contributed by atoms with Gasteiger partial charge in [0.25, 0.3) is 0 Å². The maximum absolute atomic E-state index is 13.6. The minimum atomic E-state index is -0.550. The molecule has 25 heavy (non-hydrogen) atoms. The normalized spacial score (nSPS) is 14.5. The molecule has 0 aliphatic heterocycles. The van der Waals surface area contributed by atoms with Crippen LogP contribution in [-0.4, -0.2) is 17.9 Å². The molecule has 3 N–H and O–H groups in total. The molecule has 1 aliphatic rings. The number of hydrogen-bond acceptors (Lipinski definition) is 3. The Bertz CT molecular complexity index is 772. The van der Waals surface area contributed by atoms with Crippen LogP contribution >= 0.6 is 0 Å². The van der Waals surface area contributed by atoms with E-state index in [1.54, 1.807) is 43.3 Å². The molecule has 0 bridgehead atoms. The van der Waals surface area contributed by atoms with Crippen molar-refractivity contribution in [2.24, 2.45) is 5.92 Å². The Morgan fingerprint density at radius 1 is 1.00 bits per heavy atom. The fraction of sp³-hybridized carbons (Fsp3) is 0.263. The molecule has 0 spiro atoms. The van der Waals surface area contributed by atoms with Crippen LogP contribution in [0, 0.1) is 11.7 Å². The van der Waals surface area contributed by atoms with E-state index in [4.69, 9.17) is 0 Å². The van der Waals surface area contributed by atoms with Crippen LogP contribution in [0.4, 0.5) is 21.5 Å². The molecule has 0 unspecified atom stereocenters. The van der Waals surface area contributed by atoms with Gasteiger partial charge in [0.2, 0.25) is 11.8 Å². The Morgan fingerprint density at radius 3 is 2.28 bits per heavy atom. The molecule has 1 fully saturated rings. The number of para-hydroxylation sites is 1. The average molecular weight is 341 g/mol. The van der Waals surface area contributed by atoms with Gasteiger partial charge in [0.05, 0.1) is 5.69 Å². The van der Waals surface area contributed by atoms with Crippen molar-refractivity contribution in [1.29, 1.82) is 0 Å². The maximum atomic E-state index is 13.6. The van der Waals surface area contributed by atoms with Gasteiger partial charge in [-0.1, -0.05) is 12.1 Å². The van der Waals surface area contributed by atoms with Crippen LogP contribution in [0.3, 0.4) is 0 Å². The standard InChI is InChI=1S/C19H20FN3O2/c1-12(18(24)23-17-5-3-2-4-16(17)20)21-14-8-10-15(11-9-14)22-19(25)13-6-7-13/h2-5,8-13,21H,6-7H2,1H3,(H,22,25)(H,23,24)/t12-/m1/s1. The number of halogens is 1. The third-order valence-electron chi connectivity index (χ3n) is 4.01. The lowest BCUT2D eigenvalue weighted by molar-refractivity contribution is -0.117. The molecule has 1 atom stereocenters. The third-order valence-corrected chi connectivity index (χ3v) is 4.01. The van der Waals surface area contributed by atoms with Crippen molar-refractivity contribution in [3.8, 4) is 0 Å². The van der Waals surface area contributed by atoms with Crippen LogP contribution in [0.15, 0.2) is 48.5 Å². The zero-order valence-corrected chi connectivity index (χ0v) is 13.9. The highest BCUT2D eigenvalue weighted by molar-refractivity contribution is 5.96. The number of amides is 2. The molecule has 2 amide bonds. The Morgan fingerprint density at radius 2 is 1.64 bits per heavy atom. The largest absolute Gasteiger partial charge is 0.374 e. The smallest absolute Gasteiger partial charge is 0.246 e. The van der Waals surface area contributed by atoms with Crippen LogP contribution in [0.2, 0.25) is 0 Å². The lowest BCUT2D eigenvalue weighted by Gasteiger charge is -2.16. The summed E-state index contributed by atoms with van der Waals surface area (Å²) in [7, 11) is 0. The lowest BCUT2D eigenvalue weighted by atomic mass is 10.2. The molecule has 2 aromatic carbocycles. The van der Waals surface area contributed by atoms with Crippen molar-refractivity contribution in [2.45, 2.75) is 25.8 Å². The van der Waals surface area contributed by atoms with Gasteiger partial charge in [-0.25, -0.2) is 4.39 Å². The molecule has 130 valence electrons. The molecule has 0 radical (unpaired) electrons. The lowest BCUT2D eigenvalue weighted by Crippen LogP contribution is -2.32. The first-order valence-corrected chi connectivity index (χ1v) is 8.26. The summed E-state index contributed by atoms with van der Waals surface area (Å²) in [4.78, 5) is 23.9. The number of anilines is 3. The van der Waals surface area contributed by atoms with E-state index < -0.39 is 11.9 Å². The van der Waals surface area contributed by atoms with Crippen molar-refractivity contribution < 1.29 is 14.0 Å². The zero-order valence-electron chi connectivity index (χ0n) is 13.9. The monoisotopic (exact) mass is 341 g/mol. The number of benzene rings is 2. The second-order valence-corrected chi connectivity index (χ2v) is 6.18. The second-order valence-electron chi connectivity index (χ2n) is 6.18. The molecule has 3 rings (SSSR count). The van der Waals surface area contributed by atoms with Gasteiger partial charge in [-0.2, -0.15) is 0 Å². The quantitative estimate of drug-likeness (QED) is 0.752. The van der Waals surface area contributed by atoms with Crippen LogP contribution in [0.25, 0.3) is 0 Å². The van der Waals surface area contributed by atoms with Crippen LogP contribution < -0.4 is 16.0 Å². The van der Waals surface area contributed by atoms with Gasteiger partial charge >= 0.3 is 0 Å². The van der Waals surface area contributed by atoms with E-state index in [0.717, 1.165) is 24.2 Å². The van der Waals surface area contributed by atoms with Gasteiger partial charge in [-0.15, -0.1) is 0 Å². The number of rotatable bonds is 6. The van der Waals surface area contributed by atoms with Gasteiger partial charge in [-0.3, -0.25) is 9.59 Å². The summed E-state index contributed by atoms with van der Waals surface area (Å²) in [5, 5.41) is 8.46. The minimum Gasteiger partial charge on any atom is -0.374 e. The van der Waals surface area contributed by atoms with Crippen molar-refractivity contribution in [3.63, 3.8) is 0 Å². The maximum Gasteiger partial charge on any atom is 0.246 e. The Kier molecular flexibility index (Phi) is 4.97. The third kappa shape index (κ3) is 4.56. The summed E-state index contributed by atoms with van der Waals surface area (Å²) in [6.45, 7) is 1.69. The average Bonchev–Trinajstić information content (AvgIpc) is 3.43. The van der Waals surface area contributed by atoms with E-state index in [-0.39, 0.29) is 23.4 Å². The highest BCUT2D eigenvalue weighted by Gasteiger charge is 2.29. The summed E-state index contributed by atoms with van der Waals surface area (Å²) < 4.78 is 13.6. The Labute approximate surface area is 145 Å². The molecular formula is C19H20FN3O2. The highest BCUT2D eigenvalue weighted by atomic mass is 19.1. The van der Waals surface area contributed by atoms with E-state index in [1.165, 1.54) is 12.1 Å². The summed E-state index contributed by atoms with van der Waals surface area (Å²) in [5.74, 6) is -0.603. The van der Waals surface area contributed by atoms with Gasteiger partial charge in [0, 0.05) is 17.3 Å². The summed E-state index contributed by atoms with van der Waals surface area (Å²) in [5.41, 5.74) is 1.62. The fourth-order valence-electron chi connectivity index (χ4n) is 2.36. The van der Waals surface area contributed by atoms with Crippen LogP contribution in [0.5, 0.6) is 0 Å². The van der Waals surface area contributed by atoms with Gasteiger partial charge in [0.1, 0.15) is 11.9 Å². The van der Waals surface area contributed by atoms with E-state index in [1.807, 2.05) is 0 Å². The van der Waals surface area contributed by atoms with Gasteiger partial charge < -0.3 is 16.0 Å². The molecule has 5 nitrogen and oxygen atoms in total. The molecule has 1 aliphatic carbocycles. The number of carbonyl (C=O) groups is 2. The van der Waals surface area contributed by atoms with Gasteiger partial charge in [0.15, 0.2) is 0 Å². The van der Waals surface area contributed by atoms with Crippen molar-refractivity contribution in [1.82, 2.24) is 0 Å². The first-order valence-electron chi connectivity index (χ1n) is 8.26. The number of nitrogens with one attached hydrogen (secondary N) is 3. The van der Waals surface area contributed by atoms with E-state index in [0.29, 0.717) is 0 Å². The predicted molar refractivity (Wildman–Crippen MR) is 95.9 cm³/mol. The van der Waals surface area contributed by atoms with Crippen LogP contribution in [0.1, 0.15) is 19.8 Å². The fourth-order valence-corrected chi connectivity index (χ4v) is 2.36. The predicted octanol–water partition coefficient (Wildman–Crippen LogP) is 3.61. The molecule has 6 heteroatoms. The van der Waals surface area contributed by atoms with Crippen molar-refractivity contribution >= 4 is 28.9 Å². The van der Waals surface area contributed by atoms with Crippen molar-refractivity contribution in [2.75, 3.05) is 16.0 Å². The van der Waals surface area contributed by atoms with Crippen LogP contribution in [-0.2, 0) is 9.59 Å². The SMILES string of the molecule is C[C@@H](Nc1ccc(NC(=O)C2CC2)cc1)C(=O)Nc1ccccc1F. The van der Waals surface area contributed by atoms with E-state index >= 15 is 0 Å². The van der Waals surface area contributed by atoms with Crippen molar-refractivity contribution in [3.05, 3.63) is 54.3 Å². The molecule has 2 aromatic rings. The first kappa shape index (κ1) is 17.0. The summed E-state index contributed by atoms with van der Waals surface area (Å²) in [6, 6.07) is 12.6. The summed E-state index contributed by atoms with van der Waals surface area (Å²) in [6.07, 6.45) is 1.92. The highest BCUT2D eigenvalue weighted by Crippen LogP contribution is 2.30. The number of hydrogen-bond donors (Lipinski definition) is 3. The molecule has 1 saturated carbocycles. The minimum absolute atomic E-state index is 0.0540. The van der Waals surface area contributed by atoms with E-state index in [9.17, 15) is 14.0 Å². The molecule has 0 saturated heterocycles. The van der Waals surface area contributed by atoms with E-state index in [2.05, 4.69) is 16.0 Å². The topological polar surface area (TPSA) is 70.2 Å². The second kappa shape index (κ2) is 7.34. The molecule has 0 heterocycles. The first-order chi connectivity index (χ1) is 12.0. The Balaban J connectivity index is 1.54. The van der Waals surface area contributed by atoms with Gasteiger partial charge in [-0.05, 0) is 56.2 Å². The molecular weight excluding hydrogens is 321 g/mol. The zero-order chi connectivity index (χ0) is 17.8. The molecule has 0 aromatic heterocycles. The number of carbonyl (C=O) groups excluding carboxylic acids is 2. The Hall–Kier alpha value is -2.89. The summed E-state index contributed by atoms with van der Waals surface area (Å²) >= 11 is 0.